The number of methoxy groups -OCH3 is 1. The van der Waals surface area contributed by atoms with Gasteiger partial charge >= 0.3 is 5.97 Å². The van der Waals surface area contributed by atoms with Crippen LogP contribution in [0, 0.1) is 5.82 Å². The Morgan fingerprint density at radius 2 is 1.88 bits per heavy atom. The Morgan fingerprint density at radius 1 is 1.10 bits per heavy atom. The molecule has 3 heterocycles. The number of thiazole rings is 1. The van der Waals surface area contributed by atoms with E-state index in [1.165, 1.54) is 23.5 Å². The summed E-state index contributed by atoms with van der Waals surface area (Å²) in [7, 11) is 1.57. The van der Waals surface area contributed by atoms with Gasteiger partial charge in [0.05, 0.1) is 35.6 Å². The van der Waals surface area contributed by atoms with Gasteiger partial charge in [0, 0.05) is 29.2 Å². The molecule has 0 radical (unpaired) electrons. The predicted octanol–water partition coefficient (Wildman–Crippen LogP) is 4.95. The number of halogens is 1. The topological polar surface area (TPSA) is 74.8 Å². The van der Waals surface area contributed by atoms with Crippen molar-refractivity contribution in [2.75, 3.05) is 13.7 Å². The molecule has 212 valence electrons. The summed E-state index contributed by atoms with van der Waals surface area (Å²) >= 11 is 1.28. The van der Waals surface area contributed by atoms with Crippen LogP contribution >= 0.6 is 11.3 Å². The van der Waals surface area contributed by atoms with Crippen LogP contribution in [-0.2, 0) is 16.1 Å². The molecule has 1 atom stereocenters. The number of benzene rings is 3. The van der Waals surface area contributed by atoms with Crippen molar-refractivity contribution in [3.63, 3.8) is 0 Å². The molecule has 1 aliphatic rings. The molecular weight excluding hydrogens is 553 g/mol. The Balaban J connectivity index is 1.51. The summed E-state index contributed by atoms with van der Waals surface area (Å²) in [6.07, 6.45) is 3.88. The van der Waals surface area contributed by atoms with Crippen LogP contribution in [0.15, 0.2) is 100 Å². The summed E-state index contributed by atoms with van der Waals surface area (Å²) in [4.78, 5) is 32.4. The molecule has 0 fully saturated rings. The van der Waals surface area contributed by atoms with Gasteiger partial charge in [-0.2, -0.15) is 0 Å². The number of rotatable bonds is 7. The highest BCUT2D eigenvalue weighted by atomic mass is 32.1. The van der Waals surface area contributed by atoms with E-state index in [1.54, 1.807) is 37.7 Å². The zero-order valence-electron chi connectivity index (χ0n) is 23.3. The molecule has 3 aromatic carbocycles. The predicted molar refractivity (Wildman–Crippen MR) is 161 cm³/mol. The van der Waals surface area contributed by atoms with Gasteiger partial charge in [0.2, 0.25) is 0 Å². The summed E-state index contributed by atoms with van der Waals surface area (Å²) in [6, 6.07) is 21.0. The summed E-state index contributed by atoms with van der Waals surface area (Å²) < 4.78 is 28.5. The van der Waals surface area contributed by atoms with Gasteiger partial charge in [-0.05, 0) is 61.4 Å². The molecule has 2 aromatic heterocycles. The third-order valence-corrected chi connectivity index (χ3v) is 8.28. The average Bonchev–Trinajstić information content (AvgIpc) is 3.49. The van der Waals surface area contributed by atoms with E-state index in [2.05, 4.69) is 9.56 Å². The summed E-state index contributed by atoms with van der Waals surface area (Å²) in [5, 5.41) is 0.984. The highest BCUT2D eigenvalue weighted by molar-refractivity contribution is 7.07. The molecule has 0 unspecified atom stereocenters. The number of hydrogen-bond donors (Lipinski definition) is 0. The molecule has 0 aliphatic carbocycles. The first-order chi connectivity index (χ1) is 20.4. The normalized spacial score (nSPS) is 15.0. The number of carbonyl (C=O) groups excluding carboxylic acids is 1. The molecule has 9 heteroatoms. The summed E-state index contributed by atoms with van der Waals surface area (Å²) in [6.45, 7) is 4.26. The maximum Gasteiger partial charge on any atom is 0.338 e. The molecule has 6 rings (SSSR count). The Hall–Kier alpha value is -4.76. The number of aromatic nitrogens is 2. The first kappa shape index (κ1) is 27.4. The number of hydrogen-bond acceptors (Lipinski definition) is 6. The van der Waals surface area contributed by atoms with Gasteiger partial charge in [-0.15, -0.1) is 0 Å². The quantitative estimate of drug-likeness (QED) is 0.255. The van der Waals surface area contributed by atoms with Gasteiger partial charge < -0.3 is 14.0 Å². The SMILES string of the molecule is CCOC(=O)C1=C(C)N=c2s/c(=C/c3cn(Cc4ccc(F)cc4)c4ccccc34)c(=O)n2[C@H]1c1cccc(OC)c1. The van der Waals surface area contributed by atoms with Gasteiger partial charge in [0.15, 0.2) is 4.80 Å². The van der Waals surface area contributed by atoms with Crippen molar-refractivity contribution in [2.45, 2.75) is 26.4 Å². The average molecular weight is 582 g/mol. The second kappa shape index (κ2) is 11.3. The number of carbonyl (C=O) groups is 1. The lowest BCUT2D eigenvalue weighted by Gasteiger charge is -2.25. The molecule has 0 saturated carbocycles. The van der Waals surface area contributed by atoms with Crippen molar-refractivity contribution in [3.05, 3.63) is 132 Å². The Labute approximate surface area is 245 Å². The molecule has 0 spiro atoms. The minimum Gasteiger partial charge on any atom is -0.497 e. The van der Waals surface area contributed by atoms with Crippen molar-refractivity contribution in [1.82, 2.24) is 9.13 Å². The van der Waals surface area contributed by atoms with Crippen LogP contribution in [0.1, 0.15) is 36.6 Å². The van der Waals surface area contributed by atoms with Gasteiger partial charge in [0.1, 0.15) is 11.6 Å². The maximum atomic E-state index is 14.1. The van der Waals surface area contributed by atoms with Crippen LogP contribution < -0.4 is 19.6 Å². The van der Waals surface area contributed by atoms with Crippen LogP contribution in [-0.4, -0.2) is 28.8 Å². The van der Waals surface area contributed by atoms with E-state index in [1.807, 2.05) is 60.8 Å². The van der Waals surface area contributed by atoms with Crippen LogP contribution in [0.25, 0.3) is 17.0 Å². The second-order valence-corrected chi connectivity index (χ2v) is 10.9. The molecule has 1 aliphatic heterocycles. The number of esters is 1. The summed E-state index contributed by atoms with van der Waals surface area (Å²) in [5.41, 5.74) is 4.12. The molecule has 0 bridgehead atoms. The zero-order valence-corrected chi connectivity index (χ0v) is 24.2. The maximum absolute atomic E-state index is 14.1. The van der Waals surface area contributed by atoms with E-state index in [4.69, 9.17) is 9.47 Å². The number of ether oxygens (including phenoxy) is 2. The van der Waals surface area contributed by atoms with Crippen LogP contribution in [0.4, 0.5) is 4.39 Å². The number of nitrogens with zero attached hydrogens (tertiary/aromatic N) is 3. The molecular formula is C33H28FN3O4S. The molecule has 0 saturated heterocycles. The highest BCUT2D eigenvalue weighted by Gasteiger charge is 2.33. The van der Waals surface area contributed by atoms with Gasteiger partial charge in [-0.3, -0.25) is 9.36 Å². The third kappa shape index (κ3) is 4.96. The van der Waals surface area contributed by atoms with E-state index >= 15 is 0 Å². The summed E-state index contributed by atoms with van der Waals surface area (Å²) in [5.74, 6) is -0.174. The molecule has 0 N–H and O–H groups in total. The standard InChI is InChI=1S/C33H28FN3O4S/c1-4-41-32(39)29-20(2)35-33-37(30(29)22-8-7-9-25(16-22)40-3)31(38)28(42-33)17-23-19-36(27-11-6-5-10-26(23)27)18-21-12-14-24(34)15-13-21/h5-17,19,30H,4,18H2,1-3H3/b28-17+/t30-/m0/s1. The fourth-order valence-electron chi connectivity index (χ4n) is 5.37. The van der Waals surface area contributed by atoms with Crippen molar-refractivity contribution in [1.29, 1.82) is 0 Å². The highest BCUT2D eigenvalue weighted by Crippen LogP contribution is 2.32. The van der Waals surface area contributed by atoms with E-state index < -0.39 is 12.0 Å². The Kier molecular flexibility index (Phi) is 7.34. The smallest absolute Gasteiger partial charge is 0.338 e. The largest absolute Gasteiger partial charge is 0.497 e. The Bertz CT molecular complexity index is 2040. The second-order valence-electron chi connectivity index (χ2n) is 9.93. The third-order valence-electron chi connectivity index (χ3n) is 7.30. The number of fused-ring (bicyclic) bond motifs is 2. The van der Waals surface area contributed by atoms with Crippen molar-refractivity contribution in [3.8, 4) is 5.75 Å². The van der Waals surface area contributed by atoms with Crippen molar-refractivity contribution < 1.29 is 18.7 Å². The Morgan fingerprint density at radius 3 is 2.64 bits per heavy atom. The molecule has 5 aromatic rings. The first-order valence-electron chi connectivity index (χ1n) is 13.5. The van der Waals surface area contributed by atoms with Crippen molar-refractivity contribution in [2.24, 2.45) is 4.99 Å². The van der Waals surface area contributed by atoms with E-state index in [-0.39, 0.29) is 18.0 Å². The number of para-hydroxylation sites is 1. The first-order valence-corrected chi connectivity index (χ1v) is 14.4. The minimum atomic E-state index is -0.725. The molecule has 7 nitrogen and oxygen atoms in total. The van der Waals surface area contributed by atoms with E-state index in [0.717, 1.165) is 27.6 Å². The monoisotopic (exact) mass is 581 g/mol. The van der Waals surface area contributed by atoms with Crippen LogP contribution in [0.2, 0.25) is 0 Å². The zero-order chi connectivity index (χ0) is 29.4. The van der Waals surface area contributed by atoms with Crippen molar-refractivity contribution >= 4 is 34.3 Å². The van der Waals surface area contributed by atoms with Crippen LogP contribution in [0.3, 0.4) is 0 Å². The van der Waals surface area contributed by atoms with Gasteiger partial charge in [-0.25, -0.2) is 14.2 Å². The lowest BCUT2D eigenvalue weighted by Crippen LogP contribution is -2.39. The minimum absolute atomic E-state index is 0.201. The lowest BCUT2D eigenvalue weighted by molar-refractivity contribution is -0.139. The fourth-order valence-corrected chi connectivity index (χ4v) is 6.40. The van der Waals surface area contributed by atoms with Gasteiger partial charge in [0.25, 0.3) is 5.56 Å². The molecule has 42 heavy (non-hydrogen) atoms. The number of allylic oxidation sites excluding steroid dienone is 1. The van der Waals surface area contributed by atoms with E-state index in [9.17, 15) is 14.0 Å². The van der Waals surface area contributed by atoms with Crippen LogP contribution in [0.5, 0.6) is 5.75 Å². The molecule has 0 amide bonds. The van der Waals surface area contributed by atoms with E-state index in [0.29, 0.717) is 32.9 Å². The fraction of sp³-hybridized carbons (Fsp3) is 0.182. The van der Waals surface area contributed by atoms with Gasteiger partial charge in [-0.1, -0.05) is 53.8 Å². The lowest BCUT2D eigenvalue weighted by atomic mass is 9.95.